The molecule has 158 valence electrons. The lowest BCUT2D eigenvalue weighted by Gasteiger charge is -2.35. The molecule has 3 rings (SSSR count). The summed E-state index contributed by atoms with van der Waals surface area (Å²) in [5, 5.41) is 14.8. The van der Waals surface area contributed by atoms with Gasteiger partial charge in [0.25, 0.3) is 0 Å². The smallest absolute Gasteiger partial charge is 0.191 e. The van der Waals surface area contributed by atoms with Crippen LogP contribution in [0, 0.1) is 5.82 Å². The van der Waals surface area contributed by atoms with Gasteiger partial charge in [0.2, 0.25) is 0 Å². The Morgan fingerprint density at radius 1 is 1.24 bits per heavy atom. The van der Waals surface area contributed by atoms with Crippen molar-refractivity contribution in [3.05, 3.63) is 47.8 Å². The number of nitrogens with zero attached hydrogens (tertiary/aromatic N) is 5. The number of aryl methyl sites for hydroxylation is 1. The first-order valence-corrected chi connectivity index (χ1v) is 10.1. The van der Waals surface area contributed by atoms with E-state index in [1.807, 2.05) is 16.7 Å². The molecule has 9 heteroatoms. The Morgan fingerprint density at radius 2 is 2.00 bits per heavy atom. The van der Waals surface area contributed by atoms with Crippen molar-refractivity contribution in [3.63, 3.8) is 0 Å². The van der Waals surface area contributed by atoms with Crippen LogP contribution in [0.5, 0.6) is 0 Å². The lowest BCUT2D eigenvalue weighted by Crippen LogP contribution is -2.46. The zero-order valence-corrected chi connectivity index (χ0v) is 17.1. The third-order valence-electron chi connectivity index (χ3n) is 5.08. The molecular weight excluding hydrogens is 373 g/mol. The van der Waals surface area contributed by atoms with Gasteiger partial charge in [-0.05, 0) is 17.7 Å². The van der Waals surface area contributed by atoms with Crippen molar-refractivity contribution in [1.29, 1.82) is 0 Å². The number of hydrogen-bond acceptors (Lipinski definition) is 5. The largest absolute Gasteiger partial charge is 0.379 e. The molecule has 1 fully saturated rings. The fourth-order valence-corrected chi connectivity index (χ4v) is 3.48. The molecule has 0 aliphatic carbocycles. The molecule has 0 saturated carbocycles. The summed E-state index contributed by atoms with van der Waals surface area (Å²) >= 11 is 0. The molecule has 8 nitrogen and oxygen atoms in total. The Labute approximate surface area is 171 Å². The van der Waals surface area contributed by atoms with Crippen LogP contribution in [0.4, 0.5) is 4.39 Å². The highest BCUT2D eigenvalue weighted by Gasteiger charge is 2.23. The van der Waals surface area contributed by atoms with Gasteiger partial charge in [-0.2, -0.15) is 0 Å². The number of hydrogen-bond donors (Lipinski definition) is 2. The minimum atomic E-state index is -0.222. The van der Waals surface area contributed by atoms with Gasteiger partial charge >= 0.3 is 0 Å². The lowest BCUT2D eigenvalue weighted by atomic mass is 10.0. The van der Waals surface area contributed by atoms with E-state index in [1.165, 1.54) is 12.1 Å². The number of guanidine groups is 1. The van der Waals surface area contributed by atoms with Crippen LogP contribution < -0.4 is 10.6 Å². The van der Waals surface area contributed by atoms with Crippen LogP contribution in [0.3, 0.4) is 0 Å². The minimum Gasteiger partial charge on any atom is -0.379 e. The Hall–Kier alpha value is -2.52. The van der Waals surface area contributed by atoms with E-state index in [1.54, 1.807) is 13.4 Å². The van der Waals surface area contributed by atoms with Gasteiger partial charge in [0, 0.05) is 46.2 Å². The second-order valence-corrected chi connectivity index (χ2v) is 6.89. The summed E-state index contributed by atoms with van der Waals surface area (Å²) in [6.45, 7) is 7.33. The van der Waals surface area contributed by atoms with Crippen LogP contribution in [0.15, 0.2) is 35.6 Å². The summed E-state index contributed by atoms with van der Waals surface area (Å²) in [6, 6.07) is 6.85. The van der Waals surface area contributed by atoms with Crippen LogP contribution in [-0.2, 0) is 17.7 Å². The number of aromatic nitrogens is 3. The average molecular weight is 404 g/mol. The average Bonchev–Trinajstić information content (AvgIpc) is 3.22. The molecule has 1 aliphatic heterocycles. The van der Waals surface area contributed by atoms with E-state index in [2.05, 4.69) is 37.6 Å². The Bertz CT molecular complexity index is 771. The highest BCUT2D eigenvalue weighted by molar-refractivity contribution is 5.79. The SMILES string of the molecule is CCc1nncn1CCNC(=NC)NCC(c1ccc(F)cc1)N1CCOCC1. The molecule has 29 heavy (non-hydrogen) atoms. The maximum Gasteiger partial charge on any atom is 0.191 e. The normalized spacial score (nSPS) is 16.6. The first-order valence-electron chi connectivity index (χ1n) is 10.1. The van der Waals surface area contributed by atoms with Crippen LogP contribution in [0.2, 0.25) is 0 Å². The monoisotopic (exact) mass is 403 g/mol. The molecule has 1 unspecified atom stereocenters. The highest BCUT2D eigenvalue weighted by atomic mass is 19.1. The molecule has 2 aromatic rings. The van der Waals surface area contributed by atoms with Crippen LogP contribution in [-0.4, -0.2) is 72.1 Å². The van der Waals surface area contributed by atoms with E-state index < -0.39 is 0 Å². The summed E-state index contributed by atoms with van der Waals surface area (Å²) in [5.41, 5.74) is 1.08. The summed E-state index contributed by atoms with van der Waals surface area (Å²) in [6.07, 6.45) is 2.60. The van der Waals surface area contributed by atoms with Crippen molar-refractivity contribution in [2.24, 2.45) is 4.99 Å². The summed E-state index contributed by atoms with van der Waals surface area (Å²) in [4.78, 5) is 6.69. The molecule has 1 aromatic carbocycles. The van der Waals surface area contributed by atoms with Crippen LogP contribution in [0.25, 0.3) is 0 Å². The summed E-state index contributed by atoms with van der Waals surface area (Å²) < 4.78 is 20.9. The molecular formula is C20H30FN7O. The lowest BCUT2D eigenvalue weighted by molar-refractivity contribution is 0.0170. The van der Waals surface area contributed by atoms with E-state index in [4.69, 9.17) is 4.74 Å². The predicted molar refractivity (Wildman–Crippen MR) is 110 cm³/mol. The number of aliphatic imine (C=N–C) groups is 1. The molecule has 0 bridgehead atoms. The first-order chi connectivity index (χ1) is 14.2. The minimum absolute atomic E-state index is 0.114. The zero-order chi connectivity index (χ0) is 20.5. The number of ether oxygens (including phenoxy) is 1. The van der Waals surface area contributed by atoms with Crippen LogP contribution >= 0.6 is 0 Å². The Balaban J connectivity index is 1.57. The molecule has 2 heterocycles. The fraction of sp³-hybridized carbons (Fsp3) is 0.550. The van der Waals surface area contributed by atoms with E-state index in [9.17, 15) is 4.39 Å². The quantitative estimate of drug-likeness (QED) is 0.510. The van der Waals surface area contributed by atoms with Crippen molar-refractivity contribution in [1.82, 2.24) is 30.3 Å². The topological polar surface area (TPSA) is 79.6 Å². The van der Waals surface area contributed by atoms with E-state index in [0.29, 0.717) is 26.3 Å². The van der Waals surface area contributed by atoms with Gasteiger partial charge in [0.05, 0.1) is 19.3 Å². The van der Waals surface area contributed by atoms with Crippen molar-refractivity contribution in [3.8, 4) is 0 Å². The molecule has 0 amide bonds. The molecule has 1 aromatic heterocycles. The van der Waals surface area contributed by atoms with Gasteiger partial charge in [0.15, 0.2) is 5.96 Å². The zero-order valence-electron chi connectivity index (χ0n) is 17.1. The van der Waals surface area contributed by atoms with Crippen molar-refractivity contribution < 1.29 is 9.13 Å². The molecule has 2 N–H and O–H groups in total. The second-order valence-electron chi connectivity index (χ2n) is 6.89. The fourth-order valence-electron chi connectivity index (χ4n) is 3.48. The van der Waals surface area contributed by atoms with E-state index in [-0.39, 0.29) is 11.9 Å². The highest BCUT2D eigenvalue weighted by Crippen LogP contribution is 2.21. The van der Waals surface area contributed by atoms with Crippen molar-refractivity contribution in [2.75, 3.05) is 46.4 Å². The third-order valence-corrected chi connectivity index (χ3v) is 5.08. The third kappa shape index (κ3) is 5.98. The standard InChI is InChI=1S/C20H30FN7O/c1-3-19-26-25-15-28(19)9-8-23-20(22-2)24-14-18(27-10-12-29-13-11-27)16-4-6-17(21)7-5-16/h4-7,15,18H,3,8-14H2,1-2H3,(H2,22,23,24). The maximum absolute atomic E-state index is 13.4. The summed E-state index contributed by atoms with van der Waals surface area (Å²) in [7, 11) is 1.76. The first kappa shape index (κ1) is 21.2. The predicted octanol–water partition coefficient (Wildman–Crippen LogP) is 1.22. The molecule has 1 saturated heterocycles. The number of rotatable bonds is 8. The molecule has 0 radical (unpaired) electrons. The van der Waals surface area contributed by atoms with Gasteiger partial charge in [-0.25, -0.2) is 4.39 Å². The second kappa shape index (κ2) is 10.9. The maximum atomic E-state index is 13.4. The Morgan fingerprint density at radius 3 is 2.69 bits per heavy atom. The van der Waals surface area contributed by atoms with Crippen molar-refractivity contribution in [2.45, 2.75) is 25.9 Å². The number of morpholine rings is 1. The van der Waals surface area contributed by atoms with Gasteiger partial charge < -0.3 is 19.9 Å². The van der Waals surface area contributed by atoms with E-state index >= 15 is 0 Å². The van der Waals surface area contributed by atoms with Gasteiger partial charge in [-0.3, -0.25) is 9.89 Å². The van der Waals surface area contributed by atoms with Gasteiger partial charge in [-0.1, -0.05) is 19.1 Å². The van der Waals surface area contributed by atoms with Gasteiger partial charge in [-0.15, -0.1) is 10.2 Å². The molecule has 1 aliphatic rings. The summed E-state index contributed by atoms with van der Waals surface area (Å²) in [5.74, 6) is 1.48. The number of benzene rings is 1. The molecule has 0 spiro atoms. The van der Waals surface area contributed by atoms with Crippen LogP contribution in [0.1, 0.15) is 24.4 Å². The number of nitrogens with one attached hydrogen (secondary N) is 2. The van der Waals surface area contributed by atoms with Crippen molar-refractivity contribution >= 4 is 5.96 Å². The Kier molecular flexibility index (Phi) is 7.94. The number of halogens is 1. The van der Waals surface area contributed by atoms with E-state index in [0.717, 1.165) is 43.4 Å². The molecule has 1 atom stereocenters. The van der Waals surface area contributed by atoms with Gasteiger partial charge in [0.1, 0.15) is 18.0 Å².